The van der Waals surface area contributed by atoms with E-state index in [1.807, 2.05) is 56.3 Å². The van der Waals surface area contributed by atoms with Crippen LogP contribution in [0.15, 0.2) is 72.8 Å². The smallest absolute Gasteiger partial charge is 0.313 e. The van der Waals surface area contributed by atoms with Crippen molar-refractivity contribution in [3.05, 3.63) is 89.0 Å². The molecule has 2 aromatic carbocycles. The molecular weight excluding hydrogens is 622 g/mol. The zero-order valence-corrected chi connectivity index (χ0v) is 27.5. The molecule has 2 aromatic rings. The van der Waals surface area contributed by atoms with E-state index in [1.165, 1.54) is 4.90 Å². The van der Waals surface area contributed by atoms with Crippen LogP contribution in [-0.2, 0) is 28.7 Å². The van der Waals surface area contributed by atoms with Crippen molar-refractivity contribution < 1.29 is 33.8 Å². The van der Waals surface area contributed by atoms with Gasteiger partial charge in [-0.3, -0.25) is 19.2 Å². The van der Waals surface area contributed by atoms with Gasteiger partial charge in [0.15, 0.2) is 0 Å². The second-order valence-corrected chi connectivity index (χ2v) is 13.1. The van der Waals surface area contributed by atoms with Crippen LogP contribution in [0.4, 0.5) is 5.69 Å². The average Bonchev–Trinajstić information content (AvgIpc) is 3.45. The summed E-state index contributed by atoms with van der Waals surface area (Å²) < 4.78 is 13.1. The molecule has 0 radical (unpaired) electrons. The molecule has 0 saturated carbocycles. The van der Waals surface area contributed by atoms with Crippen molar-refractivity contribution >= 4 is 41.0 Å². The SMILES string of the molecule is Cc1cccc(Cl)c1N1CC=C[C@]23O[C@@H]4/C=C\CCC(=O)N(C)[C@H](C)[C@@H](c5ccccc5)OC(=O)[C@@H]4[C@H]2C(=O)N(CCCO)[C@@H]3C1=O. The minimum Gasteiger partial charge on any atom is -0.455 e. The number of hydrogen-bond donors (Lipinski definition) is 1. The van der Waals surface area contributed by atoms with Crippen LogP contribution in [0.25, 0.3) is 0 Å². The lowest BCUT2D eigenvalue weighted by atomic mass is 9.77. The van der Waals surface area contributed by atoms with Crippen LogP contribution in [-0.4, -0.2) is 89.1 Å². The summed E-state index contributed by atoms with van der Waals surface area (Å²) in [4.78, 5) is 61.4. The third-order valence-corrected chi connectivity index (χ3v) is 10.3. The normalized spacial score (nSPS) is 31.8. The number of halogens is 1. The van der Waals surface area contributed by atoms with Gasteiger partial charge < -0.3 is 29.3 Å². The van der Waals surface area contributed by atoms with Gasteiger partial charge in [-0.25, -0.2) is 0 Å². The Hall–Kier alpha value is -3.99. The molecule has 0 unspecified atom stereocenters. The summed E-state index contributed by atoms with van der Waals surface area (Å²) in [6.07, 6.45) is 6.21. The van der Waals surface area contributed by atoms with Crippen molar-refractivity contribution in [2.24, 2.45) is 11.8 Å². The van der Waals surface area contributed by atoms with Gasteiger partial charge in [0.1, 0.15) is 23.7 Å². The number of esters is 1. The summed E-state index contributed by atoms with van der Waals surface area (Å²) in [5, 5.41) is 10.1. The molecule has 4 aliphatic heterocycles. The molecule has 47 heavy (non-hydrogen) atoms. The number of hydrogen-bond acceptors (Lipinski definition) is 7. The number of anilines is 1. The first-order valence-electron chi connectivity index (χ1n) is 16.1. The minimum atomic E-state index is -1.49. The minimum absolute atomic E-state index is 0.0926. The molecule has 6 rings (SSSR count). The standard InChI is InChI=1S/C36H40ClN3O7/c1-22-12-9-15-25(37)30(22)39-19-10-18-36-29(33(43)40(20-11-21-41)32(36)34(39)44)28-26(47-36)16-7-8-17-27(42)38(3)23(2)31(46-35(28)45)24-13-5-4-6-14-24/h4-7,9-10,12-16,18,23,26,28-29,31-32,41H,8,11,17,19-21H2,1-3H3/b16-7-/t23-,26-,28+,29+,31+,32-,36+/m1/s1. The van der Waals surface area contributed by atoms with Gasteiger partial charge in [-0.2, -0.15) is 0 Å². The average molecular weight is 662 g/mol. The Balaban J connectivity index is 1.46. The van der Waals surface area contributed by atoms with Gasteiger partial charge in [-0.15, -0.1) is 0 Å². The highest BCUT2D eigenvalue weighted by molar-refractivity contribution is 6.34. The summed E-state index contributed by atoms with van der Waals surface area (Å²) in [6.45, 7) is 3.78. The van der Waals surface area contributed by atoms with E-state index in [9.17, 15) is 24.3 Å². The van der Waals surface area contributed by atoms with Crippen LogP contribution < -0.4 is 4.90 Å². The maximum absolute atomic E-state index is 14.7. The highest BCUT2D eigenvalue weighted by Crippen LogP contribution is 2.54. The molecule has 3 amide bonds. The largest absolute Gasteiger partial charge is 0.455 e. The number of benzene rings is 2. The van der Waals surface area contributed by atoms with Crippen LogP contribution in [0.2, 0.25) is 5.02 Å². The third-order valence-electron chi connectivity index (χ3n) is 9.95. The van der Waals surface area contributed by atoms with E-state index < -0.39 is 59.5 Å². The van der Waals surface area contributed by atoms with Gasteiger partial charge in [-0.1, -0.05) is 78.4 Å². The molecule has 1 spiro atoms. The molecule has 0 aromatic heterocycles. The number of fused-ring (bicyclic) bond motifs is 2. The van der Waals surface area contributed by atoms with E-state index in [1.54, 1.807) is 47.2 Å². The number of likely N-dealkylation sites (N-methyl/N-ethyl adjacent to an activating group) is 1. The Labute approximate surface area is 279 Å². The quantitative estimate of drug-likeness (QED) is 0.381. The zero-order chi connectivity index (χ0) is 33.5. The van der Waals surface area contributed by atoms with E-state index in [2.05, 4.69) is 0 Å². The summed E-state index contributed by atoms with van der Waals surface area (Å²) in [5.74, 6) is -3.71. The third kappa shape index (κ3) is 5.66. The summed E-state index contributed by atoms with van der Waals surface area (Å²) in [6, 6.07) is 13.0. The van der Waals surface area contributed by atoms with Gasteiger partial charge in [0, 0.05) is 33.2 Å². The van der Waals surface area contributed by atoms with E-state index in [4.69, 9.17) is 21.1 Å². The number of cyclic esters (lactones) is 1. The topological polar surface area (TPSA) is 117 Å². The number of rotatable bonds is 5. The highest BCUT2D eigenvalue weighted by atomic mass is 35.5. The fourth-order valence-corrected chi connectivity index (χ4v) is 7.86. The van der Waals surface area contributed by atoms with Crippen LogP contribution in [0.3, 0.4) is 0 Å². The van der Waals surface area contributed by atoms with E-state index in [-0.39, 0.29) is 38.4 Å². The number of nitrogens with zero attached hydrogens (tertiary/aromatic N) is 3. The number of allylic oxidation sites excluding steroid dienone is 1. The fraction of sp³-hybridized carbons (Fsp3) is 0.444. The van der Waals surface area contributed by atoms with Gasteiger partial charge in [0.2, 0.25) is 11.8 Å². The van der Waals surface area contributed by atoms with Crippen LogP contribution >= 0.6 is 11.6 Å². The number of aliphatic hydroxyl groups is 1. The van der Waals surface area contributed by atoms with Crippen molar-refractivity contribution in [2.75, 3.05) is 31.6 Å². The van der Waals surface area contributed by atoms with Crippen LogP contribution in [0.1, 0.15) is 43.4 Å². The van der Waals surface area contributed by atoms with Gasteiger partial charge in [0.05, 0.1) is 28.8 Å². The molecule has 1 N–H and O–H groups in total. The lowest BCUT2D eigenvalue weighted by Crippen LogP contribution is -2.55. The zero-order valence-electron chi connectivity index (χ0n) is 26.8. The number of carbonyl (C=O) groups excluding carboxylic acids is 4. The first kappa shape index (κ1) is 32.9. The first-order valence-corrected chi connectivity index (χ1v) is 16.5. The lowest BCUT2D eigenvalue weighted by molar-refractivity contribution is -0.164. The molecule has 4 aliphatic rings. The summed E-state index contributed by atoms with van der Waals surface area (Å²) >= 11 is 6.63. The molecule has 4 heterocycles. The molecule has 0 bridgehead atoms. The fourth-order valence-electron chi connectivity index (χ4n) is 7.53. The van der Waals surface area contributed by atoms with Gasteiger partial charge in [0.25, 0.3) is 5.91 Å². The Bertz CT molecular complexity index is 1590. The number of aryl methyl sites for hydroxylation is 1. The van der Waals surface area contributed by atoms with Crippen LogP contribution in [0.5, 0.6) is 0 Å². The first-order chi connectivity index (χ1) is 22.6. The van der Waals surface area contributed by atoms with Crippen molar-refractivity contribution in [3.63, 3.8) is 0 Å². The lowest BCUT2D eigenvalue weighted by Gasteiger charge is -2.36. The maximum Gasteiger partial charge on any atom is 0.313 e. The van der Waals surface area contributed by atoms with E-state index in [0.717, 1.165) is 5.56 Å². The van der Waals surface area contributed by atoms with E-state index in [0.29, 0.717) is 22.7 Å². The van der Waals surface area contributed by atoms with Crippen molar-refractivity contribution in [3.8, 4) is 0 Å². The maximum atomic E-state index is 14.7. The predicted octanol–water partition coefficient (Wildman–Crippen LogP) is 4.00. The predicted molar refractivity (Wildman–Crippen MR) is 175 cm³/mol. The Kier molecular flexibility index (Phi) is 9.29. The van der Waals surface area contributed by atoms with Crippen molar-refractivity contribution in [1.29, 1.82) is 0 Å². The number of likely N-dealkylation sites (tertiary alicyclic amines) is 1. The summed E-state index contributed by atoms with van der Waals surface area (Å²) in [5.41, 5.74) is 0.545. The Morgan fingerprint density at radius 1 is 1.02 bits per heavy atom. The number of carbonyl (C=O) groups is 4. The van der Waals surface area contributed by atoms with Crippen LogP contribution in [0, 0.1) is 18.8 Å². The molecule has 11 heteroatoms. The van der Waals surface area contributed by atoms with E-state index >= 15 is 0 Å². The number of amides is 3. The monoisotopic (exact) mass is 661 g/mol. The second kappa shape index (κ2) is 13.3. The van der Waals surface area contributed by atoms with Gasteiger partial charge >= 0.3 is 5.97 Å². The van der Waals surface area contributed by atoms with Crippen molar-refractivity contribution in [1.82, 2.24) is 9.80 Å². The molecular formula is C36H40ClN3O7. The molecule has 0 aliphatic carbocycles. The molecule has 2 saturated heterocycles. The summed E-state index contributed by atoms with van der Waals surface area (Å²) in [7, 11) is 1.70. The molecule has 10 nitrogen and oxygen atoms in total. The highest BCUT2D eigenvalue weighted by Gasteiger charge is 2.72. The second-order valence-electron chi connectivity index (χ2n) is 12.7. The number of para-hydroxylation sites is 1. The van der Waals surface area contributed by atoms with Crippen molar-refractivity contribution in [2.45, 2.75) is 63.0 Å². The molecule has 248 valence electrons. The molecule has 7 atom stereocenters. The van der Waals surface area contributed by atoms with Gasteiger partial charge in [-0.05, 0) is 43.9 Å². The number of aliphatic hydroxyl groups excluding tert-OH is 1. The Morgan fingerprint density at radius 3 is 2.51 bits per heavy atom. The molecule has 2 fully saturated rings. The Morgan fingerprint density at radius 2 is 1.79 bits per heavy atom. The number of ether oxygens (including phenoxy) is 2.